The zero-order chi connectivity index (χ0) is 29.9. The van der Waals surface area contributed by atoms with Crippen molar-refractivity contribution in [3.63, 3.8) is 0 Å². The Morgan fingerprint density at radius 3 is 2.44 bits per heavy atom. The molecule has 0 bridgehead atoms. The van der Waals surface area contributed by atoms with Gasteiger partial charge in [-0.3, -0.25) is 18.7 Å². The van der Waals surface area contributed by atoms with Crippen LogP contribution in [-0.4, -0.2) is 86.7 Å². The molecule has 0 saturated carbocycles. The number of amides is 2. The van der Waals surface area contributed by atoms with Gasteiger partial charge in [0, 0.05) is 24.7 Å². The molecule has 1 aromatic heterocycles. The highest BCUT2D eigenvalue weighted by atomic mass is 31.2. The Morgan fingerprint density at radius 2 is 1.88 bits per heavy atom. The Morgan fingerprint density at radius 1 is 1.17 bits per heavy atom. The van der Waals surface area contributed by atoms with E-state index >= 15 is 8.78 Å². The third kappa shape index (κ3) is 8.18. The summed E-state index contributed by atoms with van der Waals surface area (Å²) in [6.07, 6.45) is -1.19. The maximum atomic E-state index is 15.1. The van der Waals surface area contributed by atoms with Crippen molar-refractivity contribution in [2.45, 2.75) is 18.6 Å². The number of rotatable bonds is 11. The molecule has 1 fully saturated rings. The second-order valence-corrected chi connectivity index (χ2v) is 11.1. The molecule has 2 aliphatic rings. The van der Waals surface area contributed by atoms with Gasteiger partial charge in [0.05, 0.1) is 18.8 Å². The van der Waals surface area contributed by atoms with E-state index in [0.717, 1.165) is 21.9 Å². The summed E-state index contributed by atoms with van der Waals surface area (Å²) in [4.78, 5) is 62.8. The number of anilines is 1. The van der Waals surface area contributed by atoms with Crippen LogP contribution in [0.3, 0.4) is 0 Å². The van der Waals surface area contributed by atoms with Gasteiger partial charge >= 0.3 is 21.7 Å². The Balaban J connectivity index is 1.43. The monoisotopic (exact) mass is 625 g/mol. The fourth-order valence-electron chi connectivity index (χ4n) is 4.07. The van der Waals surface area contributed by atoms with E-state index in [1.807, 2.05) is 0 Å². The molecular formula is C21H23F2N3O13P2. The number of cyclic esters (lactones) is 1. The standard InChI is InChI=1S/C21H23F2N3O13P2/c22-15-7-13(26-9-14(38-21(26)28)10-35-18-3-6-36-24-18)8-16(23)19(15)12-1-4-25(5-2-12)20(27)17(39-41(32,33)34)11-37-40(29,30)31/h1,3,6-8,14,17H,2,4-5,9-11H2,(H2,29,30,31)(H2,32,33,34)/t14-,17+/m1/s1. The van der Waals surface area contributed by atoms with Crippen molar-refractivity contribution >= 4 is 38.9 Å². The maximum absolute atomic E-state index is 15.1. The molecule has 1 saturated heterocycles. The zero-order valence-corrected chi connectivity index (χ0v) is 22.5. The molecule has 20 heteroatoms. The second kappa shape index (κ2) is 12.3. The highest BCUT2D eigenvalue weighted by Gasteiger charge is 2.36. The van der Waals surface area contributed by atoms with Crippen molar-refractivity contribution in [1.82, 2.24) is 10.1 Å². The first-order valence-corrected chi connectivity index (χ1v) is 14.7. The van der Waals surface area contributed by atoms with Crippen LogP contribution in [0.1, 0.15) is 12.0 Å². The number of carbonyl (C=O) groups is 2. The average Bonchev–Trinajstić information content (AvgIpc) is 3.53. The van der Waals surface area contributed by atoms with Crippen LogP contribution in [0.25, 0.3) is 5.57 Å². The summed E-state index contributed by atoms with van der Waals surface area (Å²) in [5.74, 6) is -2.91. The number of nitrogens with zero attached hydrogens (tertiary/aromatic N) is 3. The molecule has 2 aliphatic heterocycles. The van der Waals surface area contributed by atoms with E-state index < -0.39 is 63.7 Å². The van der Waals surface area contributed by atoms with Crippen molar-refractivity contribution < 1.29 is 70.1 Å². The number of ether oxygens (including phenoxy) is 2. The Labute approximate surface area is 229 Å². The lowest BCUT2D eigenvalue weighted by atomic mass is 9.97. The maximum Gasteiger partial charge on any atom is 0.470 e. The average molecular weight is 625 g/mol. The number of carbonyl (C=O) groups excluding carboxylic acids is 2. The SMILES string of the molecule is O=C([C@H](COP(=O)(O)O)OP(=O)(O)O)N1CC=C(c2c(F)cc(N3C[C@H](COc4ccon4)OC3=O)cc2F)CC1. The summed E-state index contributed by atoms with van der Waals surface area (Å²) in [6.45, 7) is -1.77. The third-order valence-corrected chi connectivity index (χ3v) is 6.83. The Bertz CT molecular complexity index is 1390. The zero-order valence-electron chi connectivity index (χ0n) is 20.7. The summed E-state index contributed by atoms with van der Waals surface area (Å²) in [6, 6.07) is 3.34. The molecule has 1 aromatic carbocycles. The number of benzene rings is 1. The number of hydrogen-bond donors (Lipinski definition) is 4. The van der Waals surface area contributed by atoms with Crippen molar-refractivity contribution in [2.24, 2.45) is 0 Å². The highest BCUT2D eigenvalue weighted by molar-refractivity contribution is 7.46. The quantitative estimate of drug-likeness (QED) is 0.261. The van der Waals surface area contributed by atoms with E-state index in [1.54, 1.807) is 0 Å². The normalized spacial score (nSPS) is 18.7. The molecule has 0 radical (unpaired) electrons. The molecule has 0 aliphatic carbocycles. The van der Waals surface area contributed by atoms with Crippen molar-refractivity contribution in [3.05, 3.63) is 47.7 Å². The molecule has 41 heavy (non-hydrogen) atoms. The lowest BCUT2D eigenvalue weighted by molar-refractivity contribution is -0.140. The lowest BCUT2D eigenvalue weighted by Gasteiger charge is -2.30. The van der Waals surface area contributed by atoms with Gasteiger partial charge < -0.3 is 38.5 Å². The van der Waals surface area contributed by atoms with Gasteiger partial charge in [-0.05, 0) is 29.3 Å². The van der Waals surface area contributed by atoms with Crippen molar-refractivity contribution in [2.75, 3.05) is 37.7 Å². The van der Waals surface area contributed by atoms with Crippen LogP contribution in [0.5, 0.6) is 5.88 Å². The van der Waals surface area contributed by atoms with Gasteiger partial charge in [-0.1, -0.05) is 6.08 Å². The first kappa shape index (κ1) is 30.7. The van der Waals surface area contributed by atoms with Crippen LogP contribution < -0.4 is 9.64 Å². The van der Waals surface area contributed by atoms with Crippen LogP contribution in [0, 0.1) is 11.6 Å². The molecule has 16 nitrogen and oxygen atoms in total. The largest absolute Gasteiger partial charge is 0.471 e. The molecule has 3 heterocycles. The molecule has 2 aromatic rings. The Hall–Kier alpha value is -3.21. The van der Waals surface area contributed by atoms with E-state index in [-0.39, 0.29) is 49.8 Å². The number of phosphoric acid groups is 2. The van der Waals surface area contributed by atoms with E-state index in [2.05, 4.69) is 18.7 Å². The minimum absolute atomic E-state index is 0.0573. The number of aromatic nitrogens is 1. The molecule has 224 valence electrons. The van der Waals surface area contributed by atoms with Gasteiger partial charge in [-0.25, -0.2) is 22.7 Å². The van der Waals surface area contributed by atoms with Gasteiger partial charge in [-0.2, -0.15) is 0 Å². The van der Waals surface area contributed by atoms with Gasteiger partial charge in [-0.15, -0.1) is 0 Å². The van der Waals surface area contributed by atoms with Crippen LogP contribution >= 0.6 is 15.6 Å². The molecular weight excluding hydrogens is 602 g/mol. The summed E-state index contributed by atoms with van der Waals surface area (Å²) in [5.41, 5.74) is -0.349. The molecule has 0 spiro atoms. The molecule has 2 amide bonds. The van der Waals surface area contributed by atoms with Crippen LogP contribution in [0.4, 0.5) is 19.3 Å². The van der Waals surface area contributed by atoms with Gasteiger partial charge in [0.1, 0.15) is 24.5 Å². The first-order valence-electron chi connectivity index (χ1n) is 11.6. The van der Waals surface area contributed by atoms with Gasteiger partial charge in [0.15, 0.2) is 12.2 Å². The smallest absolute Gasteiger partial charge is 0.470 e. The number of phosphoric ester groups is 2. The fraction of sp³-hybridized carbons (Fsp3) is 0.381. The summed E-state index contributed by atoms with van der Waals surface area (Å²) < 4.78 is 76.0. The predicted molar refractivity (Wildman–Crippen MR) is 130 cm³/mol. The van der Waals surface area contributed by atoms with E-state index in [9.17, 15) is 18.7 Å². The van der Waals surface area contributed by atoms with E-state index in [0.29, 0.717) is 0 Å². The van der Waals surface area contributed by atoms with E-state index in [4.69, 9.17) is 29.0 Å². The number of hydrogen-bond acceptors (Lipinski definition) is 10. The first-order chi connectivity index (χ1) is 19.2. The molecule has 4 rings (SSSR count). The lowest BCUT2D eigenvalue weighted by Crippen LogP contribution is -2.44. The molecule has 2 atom stereocenters. The van der Waals surface area contributed by atoms with E-state index in [1.165, 1.54) is 18.4 Å². The second-order valence-electron chi connectivity index (χ2n) is 8.68. The van der Waals surface area contributed by atoms with Gasteiger partial charge in [0.2, 0.25) is 0 Å². The fourth-order valence-corrected chi connectivity index (χ4v) is 4.89. The summed E-state index contributed by atoms with van der Waals surface area (Å²) in [5, 5.41) is 3.56. The summed E-state index contributed by atoms with van der Waals surface area (Å²) >= 11 is 0. The summed E-state index contributed by atoms with van der Waals surface area (Å²) in [7, 11) is -10.4. The molecule has 0 unspecified atom stereocenters. The van der Waals surface area contributed by atoms with Crippen LogP contribution in [0.15, 0.2) is 35.1 Å². The Kier molecular flexibility index (Phi) is 9.25. The van der Waals surface area contributed by atoms with Crippen molar-refractivity contribution in [3.8, 4) is 5.88 Å². The highest BCUT2D eigenvalue weighted by Crippen LogP contribution is 2.41. The van der Waals surface area contributed by atoms with Gasteiger partial charge in [0.25, 0.3) is 11.8 Å². The minimum Gasteiger partial charge on any atom is -0.471 e. The predicted octanol–water partition coefficient (Wildman–Crippen LogP) is 1.56. The minimum atomic E-state index is -5.27. The van der Waals surface area contributed by atoms with Crippen LogP contribution in [-0.2, 0) is 27.7 Å². The van der Waals surface area contributed by atoms with Crippen molar-refractivity contribution in [1.29, 1.82) is 0 Å². The molecule has 4 N–H and O–H groups in total. The van der Waals surface area contributed by atoms with Crippen LogP contribution in [0.2, 0.25) is 0 Å². The topological polar surface area (TPSA) is 219 Å². The number of halogens is 2. The third-order valence-electron chi connectivity index (χ3n) is 5.82.